The summed E-state index contributed by atoms with van der Waals surface area (Å²) in [6.45, 7) is 3.14. The van der Waals surface area contributed by atoms with Crippen molar-refractivity contribution in [2.45, 2.75) is 19.4 Å². The van der Waals surface area contributed by atoms with Gasteiger partial charge in [-0.2, -0.15) is 11.3 Å². The zero-order chi connectivity index (χ0) is 13.8. The molecule has 2 aromatic rings. The second kappa shape index (κ2) is 7.23. The molecule has 0 amide bonds. The summed E-state index contributed by atoms with van der Waals surface area (Å²) in [7, 11) is 0. The van der Waals surface area contributed by atoms with Gasteiger partial charge in [0.15, 0.2) is 0 Å². The number of rotatable bonds is 5. The summed E-state index contributed by atoms with van der Waals surface area (Å²) in [5.74, 6) is 0. The largest absolute Gasteiger partial charge is 0.306 e. The first-order chi connectivity index (χ1) is 9.13. The van der Waals surface area contributed by atoms with Gasteiger partial charge in [0, 0.05) is 14.3 Å². The SMILES string of the molecule is CCCNC(c1ccc(Br)c(Cl)c1)c1cscc1Br. The average molecular weight is 424 g/mol. The van der Waals surface area contributed by atoms with Gasteiger partial charge in [0.05, 0.1) is 11.1 Å². The van der Waals surface area contributed by atoms with Gasteiger partial charge < -0.3 is 5.32 Å². The predicted octanol–water partition coefficient (Wildman–Crippen LogP) is 6.02. The van der Waals surface area contributed by atoms with Crippen LogP contribution in [0, 0.1) is 0 Å². The average Bonchev–Trinajstić information content (AvgIpc) is 2.80. The number of thiophene rings is 1. The van der Waals surface area contributed by atoms with Crippen LogP contribution in [0.4, 0.5) is 0 Å². The first kappa shape index (κ1) is 15.5. The minimum atomic E-state index is 0.172. The Morgan fingerprint density at radius 2 is 2.05 bits per heavy atom. The molecular formula is C14H14Br2ClNS. The normalized spacial score (nSPS) is 12.6. The molecule has 1 unspecified atom stereocenters. The molecule has 0 bridgehead atoms. The molecule has 0 saturated heterocycles. The Kier molecular flexibility index (Phi) is 5.90. The van der Waals surface area contributed by atoms with Gasteiger partial charge in [-0.15, -0.1) is 0 Å². The third kappa shape index (κ3) is 3.82. The second-order valence-electron chi connectivity index (χ2n) is 4.24. The molecule has 0 spiro atoms. The van der Waals surface area contributed by atoms with Crippen LogP contribution in [0.3, 0.4) is 0 Å². The van der Waals surface area contributed by atoms with Crippen molar-refractivity contribution in [1.29, 1.82) is 0 Å². The van der Waals surface area contributed by atoms with Crippen molar-refractivity contribution >= 4 is 54.8 Å². The maximum atomic E-state index is 6.21. The Hall–Kier alpha value is 0.130. The Balaban J connectivity index is 2.37. The zero-order valence-electron chi connectivity index (χ0n) is 10.4. The van der Waals surface area contributed by atoms with E-state index >= 15 is 0 Å². The number of hydrogen-bond donors (Lipinski definition) is 1. The summed E-state index contributed by atoms with van der Waals surface area (Å²) < 4.78 is 2.07. The van der Waals surface area contributed by atoms with E-state index in [0.29, 0.717) is 0 Å². The van der Waals surface area contributed by atoms with Crippen LogP contribution in [0.5, 0.6) is 0 Å². The molecule has 1 aromatic carbocycles. The standard InChI is InChI=1S/C14H14Br2ClNS/c1-2-5-18-14(10-7-19-8-12(10)16)9-3-4-11(15)13(17)6-9/h3-4,6-8,14,18H,2,5H2,1H3. The minimum absolute atomic E-state index is 0.172. The quantitative estimate of drug-likeness (QED) is 0.620. The third-order valence-electron chi connectivity index (χ3n) is 2.83. The van der Waals surface area contributed by atoms with Gasteiger partial charge in [-0.25, -0.2) is 0 Å². The lowest BCUT2D eigenvalue weighted by Gasteiger charge is -2.19. The Bertz CT molecular complexity index is 556. The second-order valence-corrected chi connectivity index (χ2v) is 7.10. The van der Waals surface area contributed by atoms with E-state index in [9.17, 15) is 0 Å². The third-order valence-corrected chi connectivity index (χ3v) is 5.81. The summed E-state index contributed by atoms with van der Waals surface area (Å²) in [6, 6.07) is 6.29. The first-order valence-corrected chi connectivity index (χ1v) is 8.94. The van der Waals surface area contributed by atoms with Crippen LogP contribution in [-0.2, 0) is 0 Å². The molecule has 5 heteroatoms. The van der Waals surface area contributed by atoms with Crippen molar-refractivity contribution in [2.75, 3.05) is 6.54 Å². The van der Waals surface area contributed by atoms with Gasteiger partial charge in [0.1, 0.15) is 0 Å². The highest BCUT2D eigenvalue weighted by Crippen LogP contribution is 2.34. The Labute approximate surface area is 139 Å². The van der Waals surface area contributed by atoms with Crippen LogP contribution in [0.2, 0.25) is 5.02 Å². The van der Waals surface area contributed by atoms with E-state index < -0.39 is 0 Å². The number of halogens is 3. The van der Waals surface area contributed by atoms with Crippen LogP contribution >= 0.6 is 54.8 Å². The fourth-order valence-corrected chi connectivity index (χ4v) is 3.87. The molecule has 0 saturated carbocycles. The highest BCUT2D eigenvalue weighted by atomic mass is 79.9. The van der Waals surface area contributed by atoms with Gasteiger partial charge >= 0.3 is 0 Å². The van der Waals surface area contributed by atoms with E-state index in [2.05, 4.69) is 60.9 Å². The predicted molar refractivity (Wildman–Crippen MR) is 91.3 cm³/mol. The minimum Gasteiger partial charge on any atom is -0.306 e. The van der Waals surface area contributed by atoms with E-state index in [1.807, 2.05) is 12.1 Å². The lowest BCUT2D eigenvalue weighted by Crippen LogP contribution is -2.23. The van der Waals surface area contributed by atoms with Gasteiger partial charge in [-0.1, -0.05) is 24.6 Å². The lowest BCUT2D eigenvalue weighted by atomic mass is 10.0. The molecule has 1 atom stereocenters. The Morgan fingerprint density at radius 3 is 2.63 bits per heavy atom. The van der Waals surface area contributed by atoms with Crippen LogP contribution in [0.25, 0.3) is 0 Å². The van der Waals surface area contributed by atoms with Gasteiger partial charge in [-0.05, 0) is 73.5 Å². The number of nitrogens with one attached hydrogen (secondary N) is 1. The molecule has 0 radical (unpaired) electrons. The molecule has 19 heavy (non-hydrogen) atoms. The molecular weight excluding hydrogens is 409 g/mol. The fraction of sp³-hybridized carbons (Fsp3) is 0.286. The summed E-state index contributed by atoms with van der Waals surface area (Å²) in [5, 5.41) is 8.60. The van der Waals surface area contributed by atoms with Crippen LogP contribution in [0.1, 0.15) is 30.5 Å². The molecule has 2 rings (SSSR count). The van der Waals surface area contributed by atoms with Crippen molar-refractivity contribution in [2.24, 2.45) is 0 Å². The molecule has 0 aliphatic heterocycles. The highest BCUT2D eigenvalue weighted by Gasteiger charge is 2.17. The molecule has 102 valence electrons. The highest BCUT2D eigenvalue weighted by molar-refractivity contribution is 9.10. The van der Waals surface area contributed by atoms with E-state index in [1.165, 1.54) is 11.1 Å². The maximum Gasteiger partial charge on any atom is 0.0596 e. The molecule has 1 nitrogen and oxygen atoms in total. The molecule has 1 N–H and O–H groups in total. The van der Waals surface area contributed by atoms with Crippen LogP contribution in [0.15, 0.2) is 37.9 Å². The van der Waals surface area contributed by atoms with E-state index in [4.69, 9.17) is 11.6 Å². The van der Waals surface area contributed by atoms with Crippen molar-refractivity contribution in [1.82, 2.24) is 5.32 Å². The molecule has 0 aliphatic rings. The summed E-state index contributed by atoms with van der Waals surface area (Å²) in [6.07, 6.45) is 1.10. The zero-order valence-corrected chi connectivity index (χ0v) is 15.2. The Morgan fingerprint density at radius 1 is 1.26 bits per heavy atom. The van der Waals surface area contributed by atoms with Gasteiger partial charge in [0.2, 0.25) is 0 Å². The monoisotopic (exact) mass is 421 g/mol. The van der Waals surface area contributed by atoms with Crippen LogP contribution in [-0.4, -0.2) is 6.54 Å². The van der Waals surface area contributed by atoms with Gasteiger partial charge in [-0.3, -0.25) is 0 Å². The van der Waals surface area contributed by atoms with Crippen molar-refractivity contribution in [3.63, 3.8) is 0 Å². The lowest BCUT2D eigenvalue weighted by molar-refractivity contribution is 0.598. The number of hydrogen-bond acceptors (Lipinski definition) is 2. The molecule has 1 heterocycles. The molecule has 1 aromatic heterocycles. The van der Waals surface area contributed by atoms with Crippen LogP contribution < -0.4 is 5.32 Å². The maximum absolute atomic E-state index is 6.21. The smallest absolute Gasteiger partial charge is 0.0596 e. The van der Waals surface area contributed by atoms with Crippen molar-refractivity contribution < 1.29 is 0 Å². The molecule has 0 fully saturated rings. The van der Waals surface area contributed by atoms with Crippen molar-refractivity contribution in [3.05, 3.63) is 54.1 Å². The van der Waals surface area contributed by atoms with E-state index in [1.54, 1.807) is 11.3 Å². The number of benzene rings is 1. The topological polar surface area (TPSA) is 12.0 Å². The van der Waals surface area contributed by atoms with E-state index in [-0.39, 0.29) is 6.04 Å². The van der Waals surface area contributed by atoms with E-state index in [0.717, 1.165) is 26.9 Å². The fourth-order valence-electron chi connectivity index (χ4n) is 1.89. The van der Waals surface area contributed by atoms with Gasteiger partial charge in [0.25, 0.3) is 0 Å². The first-order valence-electron chi connectivity index (χ1n) is 6.03. The summed E-state index contributed by atoms with van der Waals surface area (Å²) in [4.78, 5) is 0. The van der Waals surface area contributed by atoms with Crippen molar-refractivity contribution in [3.8, 4) is 0 Å². The molecule has 0 aliphatic carbocycles. The summed E-state index contributed by atoms with van der Waals surface area (Å²) >= 11 is 15.0. The summed E-state index contributed by atoms with van der Waals surface area (Å²) in [5.41, 5.74) is 2.44.